The molecule has 3 aromatic rings. The number of nitrogens with zero attached hydrogens (tertiary/aromatic N) is 3. The van der Waals surface area contributed by atoms with Crippen LogP contribution in [0.2, 0.25) is 10.0 Å². The molecule has 0 bridgehead atoms. The molecule has 0 atom stereocenters. The molecule has 0 saturated heterocycles. The van der Waals surface area contributed by atoms with Crippen molar-refractivity contribution in [2.24, 2.45) is 0 Å². The Kier molecular flexibility index (Phi) is 7.19. The summed E-state index contributed by atoms with van der Waals surface area (Å²) in [6.07, 6.45) is 0.135. The van der Waals surface area contributed by atoms with Crippen molar-refractivity contribution >= 4 is 56.4 Å². The van der Waals surface area contributed by atoms with E-state index in [0.717, 1.165) is 15.9 Å². The van der Waals surface area contributed by atoms with Gasteiger partial charge in [0, 0.05) is 29.3 Å². The topological polar surface area (TPSA) is 99.3 Å². The molecule has 3 rings (SSSR count). The van der Waals surface area contributed by atoms with E-state index in [1.165, 1.54) is 24.3 Å². The van der Waals surface area contributed by atoms with Crippen molar-refractivity contribution in [3.8, 4) is 11.5 Å². The second-order valence-corrected chi connectivity index (χ2v) is 8.29. The minimum absolute atomic E-state index is 0.135. The summed E-state index contributed by atoms with van der Waals surface area (Å²) in [4.78, 5) is 23.2. The fraction of sp³-hybridized carbons (Fsp3) is 0.200. The highest BCUT2D eigenvalue weighted by Gasteiger charge is 2.15. The zero-order valence-corrected chi connectivity index (χ0v) is 19.6. The van der Waals surface area contributed by atoms with Gasteiger partial charge in [-0.2, -0.15) is 5.10 Å². The van der Waals surface area contributed by atoms with Crippen LogP contribution in [0.5, 0.6) is 11.5 Å². The van der Waals surface area contributed by atoms with Crippen LogP contribution in [-0.4, -0.2) is 20.6 Å². The van der Waals surface area contributed by atoms with Gasteiger partial charge >= 0.3 is 0 Å². The third kappa shape index (κ3) is 5.75. The summed E-state index contributed by atoms with van der Waals surface area (Å²) in [5, 5.41) is 19.0. The Balaban J connectivity index is 1.76. The van der Waals surface area contributed by atoms with Gasteiger partial charge < -0.3 is 10.1 Å². The summed E-state index contributed by atoms with van der Waals surface area (Å²) >= 11 is 15.4. The number of nitrogens with one attached hydrogen (secondary N) is 1. The number of aromatic nitrogens is 2. The molecular weight excluding hydrogens is 511 g/mol. The molecule has 162 valence electrons. The first-order chi connectivity index (χ1) is 14.6. The Morgan fingerprint density at radius 2 is 2.00 bits per heavy atom. The van der Waals surface area contributed by atoms with Gasteiger partial charge in [-0.05, 0) is 48.0 Å². The number of aryl methyl sites for hydroxylation is 2. The molecular formula is C20H17BrCl2N4O4. The molecule has 8 nitrogen and oxygen atoms in total. The number of halogens is 3. The van der Waals surface area contributed by atoms with Gasteiger partial charge in [-0.15, -0.1) is 0 Å². The average molecular weight is 528 g/mol. The van der Waals surface area contributed by atoms with E-state index in [2.05, 4.69) is 26.3 Å². The second kappa shape index (κ2) is 9.67. The Morgan fingerprint density at radius 3 is 2.61 bits per heavy atom. The number of amides is 1. The minimum Gasteiger partial charge on any atom is -0.455 e. The Bertz CT molecular complexity index is 1170. The number of nitro groups is 1. The Hall–Kier alpha value is -2.62. The number of carbonyl (C=O) groups is 1. The number of ether oxygens (including phenoxy) is 1. The fourth-order valence-corrected chi connectivity index (χ4v) is 3.56. The molecule has 31 heavy (non-hydrogen) atoms. The first kappa shape index (κ1) is 23.1. The average Bonchev–Trinajstić information content (AvgIpc) is 2.95. The second-order valence-electron chi connectivity index (χ2n) is 6.66. The van der Waals surface area contributed by atoms with Gasteiger partial charge in [0.05, 0.1) is 38.4 Å². The van der Waals surface area contributed by atoms with Gasteiger partial charge in [0.25, 0.3) is 5.69 Å². The lowest BCUT2D eigenvalue weighted by molar-refractivity contribution is -0.384. The third-order valence-corrected chi connectivity index (χ3v) is 6.03. The lowest BCUT2D eigenvalue weighted by Gasteiger charge is -2.11. The van der Waals surface area contributed by atoms with Gasteiger partial charge in [-0.3, -0.25) is 19.6 Å². The van der Waals surface area contributed by atoms with Gasteiger partial charge in [0.1, 0.15) is 11.5 Å². The maximum atomic E-state index is 12.4. The lowest BCUT2D eigenvalue weighted by atomic mass is 10.2. The molecule has 1 N–H and O–H groups in total. The number of benzene rings is 2. The molecule has 1 aromatic heterocycles. The van der Waals surface area contributed by atoms with Crippen LogP contribution in [0.4, 0.5) is 11.4 Å². The highest BCUT2D eigenvalue weighted by molar-refractivity contribution is 9.10. The Labute approximate surface area is 196 Å². The van der Waals surface area contributed by atoms with E-state index < -0.39 is 4.92 Å². The standard InChI is InChI=1S/C20H17BrCl2N4O4/c1-11-20(21)12(2)26(25-11)6-5-19(28)24-14-8-15(27(29)30)10-16(9-14)31-18-4-3-13(22)7-17(18)23/h3-4,7-10H,5-6H2,1-2H3,(H,24,28). The van der Waals surface area contributed by atoms with Crippen LogP contribution in [0.25, 0.3) is 0 Å². The smallest absolute Gasteiger partial charge is 0.275 e. The number of non-ortho nitro benzene ring substituents is 1. The predicted molar refractivity (Wildman–Crippen MR) is 122 cm³/mol. The molecule has 1 heterocycles. The highest BCUT2D eigenvalue weighted by Crippen LogP contribution is 2.34. The SMILES string of the molecule is Cc1nn(CCC(=O)Nc2cc(Oc3ccc(Cl)cc3Cl)cc([N+](=O)[O-])c2)c(C)c1Br. The third-order valence-electron chi connectivity index (χ3n) is 4.35. The summed E-state index contributed by atoms with van der Waals surface area (Å²) in [5.74, 6) is 0.106. The van der Waals surface area contributed by atoms with Crippen molar-refractivity contribution in [2.75, 3.05) is 5.32 Å². The molecule has 0 aliphatic rings. The maximum absolute atomic E-state index is 12.4. The van der Waals surface area contributed by atoms with Crippen molar-refractivity contribution in [3.05, 3.63) is 72.4 Å². The van der Waals surface area contributed by atoms with Crippen molar-refractivity contribution in [1.82, 2.24) is 9.78 Å². The largest absolute Gasteiger partial charge is 0.455 e. The molecule has 11 heteroatoms. The summed E-state index contributed by atoms with van der Waals surface area (Å²) < 4.78 is 8.30. The van der Waals surface area contributed by atoms with Crippen LogP contribution in [0, 0.1) is 24.0 Å². The van der Waals surface area contributed by atoms with Crippen LogP contribution in [0.1, 0.15) is 17.8 Å². The number of carbonyl (C=O) groups excluding carboxylic acids is 1. The van der Waals surface area contributed by atoms with E-state index in [4.69, 9.17) is 27.9 Å². The summed E-state index contributed by atoms with van der Waals surface area (Å²) in [6, 6.07) is 8.61. The monoisotopic (exact) mass is 526 g/mol. The van der Waals surface area contributed by atoms with E-state index in [1.54, 1.807) is 16.8 Å². The number of anilines is 1. The minimum atomic E-state index is -0.570. The van der Waals surface area contributed by atoms with Crippen LogP contribution in [0.3, 0.4) is 0 Å². The van der Waals surface area contributed by atoms with Crippen LogP contribution in [0.15, 0.2) is 40.9 Å². The molecule has 1 amide bonds. The van der Waals surface area contributed by atoms with E-state index in [0.29, 0.717) is 11.6 Å². The van der Waals surface area contributed by atoms with Gasteiger partial charge in [-0.1, -0.05) is 23.2 Å². The molecule has 0 aliphatic carbocycles. The first-order valence-corrected chi connectivity index (χ1v) is 10.6. The van der Waals surface area contributed by atoms with Crippen LogP contribution in [-0.2, 0) is 11.3 Å². The van der Waals surface area contributed by atoms with E-state index in [-0.39, 0.29) is 40.2 Å². The van der Waals surface area contributed by atoms with Crippen LogP contribution >= 0.6 is 39.1 Å². The quantitative estimate of drug-likeness (QED) is 0.287. The van der Waals surface area contributed by atoms with E-state index in [9.17, 15) is 14.9 Å². The van der Waals surface area contributed by atoms with E-state index in [1.807, 2.05) is 13.8 Å². The van der Waals surface area contributed by atoms with Gasteiger partial charge in [0.15, 0.2) is 0 Å². The Morgan fingerprint density at radius 1 is 1.26 bits per heavy atom. The van der Waals surface area contributed by atoms with E-state index >= 15 is 0 Å². The molecule has 0 fully saturated rings. The van der Waals surface area contributed by atoms with Crippen molar-refractivity contribution in [2.45, 2.75) is 26.8 Å². The fourth-order valence-electron chi connectivity index (χ4n) is 2.83. The summed E-state index contributed by atoms with van der Waals surface area (Å²) in [7, 11) is 0. The number of rotatable bonds is 7. The molecule has 0 spiro atoms. The zero-order chi connectivity index (χ0) is 22.7. The molecule has 0 saturated carbocycles. The van der Waals surface area contributed by atoms with Crippen molar-refractivity contribution in [1.29, 1.82) is 0 Å². The van der Waals surface area contributed by atoms with Gasteiger partial charge in [-0.25, -0.2) is 0 Å². The number of nitro benzene ring substituents is 1. The molecule has 0 radical (unpaired) electrons. The number of hydrogen-bond donors (Lipinski definition) is 1. The normalized spacial score (nSPS) is 10.7. The first-order valence-electron chi connectivity index (χ1n) is 9.06. The summed E-state index contributed by atoms with van der Waals surface area (Å²) in [5.41, 5.74) is 1.74. The van der Waals surface area contributed by atoms with Crippen molar-refractivity contribution < 1.29 is 14.5 Å². The van der Waals surface area contributed by atoms with Crippen molar-refractivity contribution in [3.63, 3.8) is 0 Å². The summed E-state index contributed by atoms with van der Waals surface area (Å²) in [6.45, 7) is 4.13. The predicted octanol–water partition coefficient (Wildman–Crippen LogP) is 6.30. The highest BCUT2D eigenvalue weighted by atomic mass is 79.9. The molecule has 2 aromatic carbocycles. The molecule has 0 aliphatic heterocycles. The van der Waals surface area contributed by atoms with Crippen LogP contribution < -0.4 is 10.1 Å². The zero-order valence-electron chi connectivity index (χ0n) is 16.5. The lowest BCUT2D eigenvalue weighted by Crippen LogP contribution is -2.15. The number of hydrogen-bond acceptors (Lipinski definition) is 5. The maximum Gasteiger partial charge on any atom is 0.275 e. The van der Waals surface area contributed by atoms with Gasteiger partial charge in [0.2, 0.25) is 5.91 Å². The molecule has 0 unspecified atom stereocenters.